The Kier molecular flexibility index (Phi) is 5.43. The van der Waals surface area contributed by atoms with Gasteiger partial charge in [0.2, 0.25) is 0 Å². The molecule has 2 N–H and O–H groups in total. The maximum absolute atomic E-state index is 12.6. The molecular weight excluding hydrogens is 406 g/mol. The summed E-state index contributed by atoms with van der Waals surface area (Å²) in [5.74, 6) is 1.23. The number of aromatic nitrogens is 3. The molecule has 3 heterocycles. The molecule has 0 aliphatic carbocycles. The van der Waals surface area contributed by atoms with Gasteiger partial charge in [0.25, 0.3) is 5.56 Å². The molecule has 2 aromatic carbocycles. The first-order chi connectivity index (χ1) is 15.7. The fourth-order valence-corrected chi connectivity index (χ4v) is 3.80. The zero-order valence-electron chi connectivity index (χ0n) is 17.7. The van der Waals surface area contributed by atoms with Gasteiger partial charge in [0.15, 0.2) is 0 Å². The molecule has 32 heavy (non-hydrogen) atoms. The molecule has 1 fully saturated rings. The Hall–Kier alpha value is -3.91. The zero-order chi connectivity index (χ0) is 21.9. The molecule has 0 saturated carbocycles. The fourth-order valence-electron chi connectivity index (χ4n) is 3.80. The van der Waals surface area contributed by atoms with Crippen molar-refractivity contribution in [3.05, 3.63) is 71.3 Å². The highest BCUT2D eigenvalue weighted by Gasteiger charge is 2.14. The van der Waals surface area contributed by atoms with E-state index < -0.39 is 0 Å². The second kappa shape index (κ2) is 8.68. The average molecular weight is 429 g/mol. The summed E-state index contributed by atoms with van der Waals surface area (Å²) in [6.45, 7) is 3.24. The van der Waals surface area contributed by atoms with Crippen LogP contribution in [0.4, 0.5) is 17.2 Å². The number of morpholine rings is 1. The first-order valence-corrected chi connectivity index (χ1v) is 10.4. The van der Waals surface area contributed by atoms with Crippen molar-refractivity contribution in [1.29, 1.82) is 0 Å². The summed E-state index contributed by atoms with van der Waals surface area (Å²) in [5.41, 5.74) is 3.93. The van der Waals surface area contributed by atoms with Crippen LogP contribution in [-0.4, -0.2) is 48.4 Å². The van der Waals surface area contributed by atoms with E-state index in [0.717, 1.165) is 49.0 Å². The van der Waals surface area contributed by atoms with Crippen molar-refractivity contribution in [2.45, 2.75) is 0 Å². The maximum Gasteiger partial charge on any atom is 0.262 e. The number of aromatic amines is 1. The van der Waals surface area contributed by atoms with E-state index in [4.69, 9.17) is 14.5 Å². The fraction of sp³-hybridized carbons (Fsp3) is 0.208. The largest absolute Gasteiger partial charge is 0.497 e. The number of hydrogen-bond acceptors (Lipinski definition) is 7. The molecule has 1 saturated heterocycles. The highest BCUT2D eigenvalue weighted by atomic mass is 16.5. The monoisotopic (exact) mass is 429 g/mol. The van der Waals surface area contributed by atoms with E-state index in [-0.39, 0.29) is 5.56 Å². The third-order valence-corrected chi connectivity index (χ3v) is 5.52. The Balaban J connectivity index is 1.51. The first kappa shape index (κ1) is 20.0. The molecule has 1 aliphatic heterocycles. The highest BCUT2D eigenvalue weighted by molar-refractivity contribution is 5.92. The van der Waals surface area contributed by atoms with Crippen LogP contribution in [0.2, 0.25) is 0 Å². The number of ether oxygens (including phenoxy) is 2. The zero-order valence-corrected chi connectivity index (χ0v) is 17.7. The minimum absolute atomic E-state index is 0.240. The van der Waals surface area contributed by atoms with Crippen molar-refractivity contribution in [3.63, 3.8) is 0 Å². The van der Waals surface area contributed by atoms with E-state index in [0.29, 0.717) is 22.4 Å². The maximum atomic E-state index is 12.6. The van der Waals surface area contributed by atoms with E-state index in [1.165, 1.54) is 6.33 Å². The van der Waals surface area contributed by atoms with E-state index in [1.54, 1.807) is 7.11 Å². The molecule has 0 amide bonds. The number of H-pyrrole nitrogens is 1. The van der Waals surface area contributed by atoms with Crippen LogP contribution in [-0.2, 0) is 4.74 Å². The minimum atomic E-state index is -0.240. The summed E-state index contributed by atoms with van der Waals surface area (Å²) < 4.78 is 10.7. The van der Waals surface area contributed by atoms with Crippen LogP contribution >= 0.6 is 0 Å². The van der Waals surface area contributed by atoms with Crippen LogP contribution in [0, 0.1) is 0 Å². The number of methoxy groups -OCH3 is 1. The topological polar surface area (TPSA) is 92.4 Å². The van der Waals surface area contributed by atoms with Crippen LogP contribution in [0.15, 0.2) is 65.7 Å². The van der Waals surface area contributed by atoms with Crippen molar-refractivity contribution < 1.29 is 9.47 Å². The molecule has 1 aliphatic rings. The SMILES string of the molecule is COc1ccc(-c2cc3nc[nH]c(=O)c3c(Nc3ccc(N4CCOCC4)cc3)n2)cc1. The van der Waals surface area contributed by atoms with E-state index in [9.17, 15) is 4.79 Å². The van der Waals surface area contributed by atoms with Crippen molar-refractivity contribution in [1.82, 2.24) is 15.0 Å². The van der Waals surface area contributed by atoms with Gasteiger partial charge in [-0.05, 0) is 54.6 Å². The number of pyridine rings is 1. The lowest BCUT2D eigenvalue weighted by Crippen LogP contribution is -2.36. The molecule has 8 heteroatoms. The van der Waals surface area contributed by atoms with Gasteiger partial charge in [0.05, 0.1) is 37.9 Å². The van der Waals surface area contributed by atoms with Crippen molar-refractivity contribution in [3.8, 4) is 17.0 Å². The Morgan fingerprint density at radius 1 is 1.06 bits per heavy atom. The Bertz CT molecular complexity index is 1280. The van der Waals surface area contributed by atoms with Gasteiger partial charge in [-0.3, -0.25) is 4.79 Å². The van der Waals surface area contributed by atoms with Crippen LogP contribution in [0.3, 0.4) is 0 Å². The standard InChI is InChI=1S/C24H23N5O3/c1-31-19-8-2-16(3-9-19)20-14-21-22(24(30)26-15-25-21)23(28-20)27-17-4-6-18(7-5-17)29-10-12-32-13-11-29/h2-9,14-15H,10-13H2,1H3,(H,27,28)(H,25,26,30). The number of hydrogen-bond donors (Lipinski definition) is 2. The lowest BCUT2D eigenvalue weighted by Gasteiger charge is -2.28. The summed E-state index contributed by atoms with van der Waals surface area (Å²) in [5, 5.41) is 3.73. The smallest absolute Gasteiger partial charge is 0.262 e. The van der Waals surface area contributed by atoms with E-state index in [2.05, 4.69) is 32.3 Å². The number of fused-ring (bicyclic) bond motifs is 1. The van der Waals surface area contributed by atoms with Crippen LogP contribution in [0.5, 0.6) is 5.75 Å². The van der Waals surface area contributed by atoms with Crippen LogP contribution in [0.1, 0.15) is 0 Å². The number of nitrogens with one attached hydrogen (secondary N) is 2. The third kappa shape index (κ3) is 4.00. The number of rotatable bonds is 5. The second-order valence-corrected chi connectivity index (χ2v) is 7.48. The van der Waals surface area contributed by atoms with E-state index >= 15 is 0 Å². The molecule has 0 spiro atoms. The minimum Gasteiger partial charge on any atom is -0.497 e. The number of benzene rings is 2. The normalized spacial score (nSPS) is 13.8. The predicted molar refractivity (Wildman–Crippen MR) is 125 cm³/mol. The summed E-state index contributed by atoms with van der Waals surface area (Å²) in [4.78, 5) is 26.6. The van der Waals surface area contributed by atoms with Gasteiger partial charge < -0.3 is 24.7 Å². The summed E-state index contributed by atoms with van der Waals surface area (Å²) in [6, 6.07) is 17.5. The van der Waals surface area contributed by atoms with Gasteiger partial charge in [-0.1, -0.05) is 0 Å². The summed E-state index contributed by atoms with van der Waals surface area (Å²) in [6.07, 6.45) is 1.41. The van der Waals surface area contributed by atoms with Gasteiger partial charge >= 0.3 is 0 Å². The Morgan fingerprint density at radius 3 is 2.53 bits per heavy atom. The van der Waals surface area contributed by atoms with Gasteiger partial charge in [0.1, 0.15) is 17.0 Å². The van der Waals surface area contributed by atoms with Crippen molar-refractivity contribution in [2.24, 2.45) is 0 Å². The molecule has 0 radical (unpaired) electrons. The molecule has 2 aromatic heterocycles. The lowest BCUT2D eigenvalue weighted by atomic mass is 10.1. The molecule has 0 atom stereocenters. The third-order valence-electron chi connectivity index (χ3n) is 5.52. The number of anilines is 3. The molecule has 8 nitrogen and oxygen atoms in total. The van der Waals surface area contributed by atoms with Crippen molar-refractivity contribution >= 4 is 28.1 Å². The second-order valence-electron chi connectivity index (χ2n) is 7.48. The predicted octanol–water partition coefficient (Wildman–Crippen LogP) is 3.57. The molecule has 4 aromatic rings. The molecule has 162 valence electrons. The quantitative estimate of drug-likeness (QED) is 0.501. The van der Waals surface area contributed by atoms with Gasteiger partial charge in [-0.15, -0.1) is 0 Å². The van der Waals surface area contributed by atoms with E-state index in [1.807, 2.05) is 42.5 Å². The Morgan fingerprint density at radius 2 is 1.81 bits per heavy atom. The van der Waals surface area contributed by atoms with Crippen LogP contribution in [0.25, 0.3) is 22.2 Å². The molecule has 0 bridgehead atoms. The van der Waals surface area contributed by atoms with Crippen LogP contribution < -0.4 is 20.5 Å². The first-order valence-electron chi connectivity index (χ1n) is 10.4. The van der Waals surface area contributed by atoms with Gasteiger partial charge in [0, 0.05) is 30.0 Å². The molecular formula is C24H23N5O3. The Labute approximate surface area is 184 Å². The number of nitrogens with zero attached hydrogens (tertiary/aromatic N) is 3. The summed E-state index contributed by atoms with van der Waals surface area (Å²) >= 11 is 0. The van der Waals surface area contributed by atoms with Gasteiger partial charge in [-0.2, -0.15) is 0 Å². The lowest BCUT2D eigenvalue weighted by molar-refractivity contribution is 0.122. The average Bonchev–Trinajstić information content (AvgIpc) is 2.85. The molecule has 0 unspecified atom stereocenters. The highest BCUT2D eigenvalue weighted by Crippen LogP contribution is 2.28. The summed E-state index contributed by atoms with van der Waals surface area (Å²) in [7, 11) is 1.63. The van der Waals surface area contributed by atoms with Crippen molar-refractivity contribution in [2.75, 3.05) is 43.6 Å². The van der Waals surface area contributed by atoms with Gasteiger partial charge in [-0.25, -0.2) is 9.97 Å². The molecule has 5 rings (SSSR count).